The molecule has 0 fully saturated rings. The Kier molecular flexibility index (Phi) is 4.21. The van der Waals surface area contributed by atoms with Gasteiger partial charge in [-0.05, 0) is 44.1 Å². The molecule has 116 valence electrons. The van der Waals surface area contributed by atoms with E-state index in [0.717, 1.165) is 11.1 Å². The number of aromatic nitrogens is 3. The highest BCUT2D eigenvalue weighted by molar-refractivity contribution is 7.71. The molecule has 0 spiro atoms. The third-order valence-corrected chi connectivity index (χ3v) is 3.97. The van der Waals surface area contributed by atoms with Gasteiger partial charge in [-0.3, -0.25) is 0 Å². The lowest BCUT2D eigenvalue weighted by atomic mass is 10.1. The molecule has 5 heteroatoms. The lowest BCUT2D eigenvalue weighted by molar-refractivity contribution is 0.871. The normalized spacial score (nSPS) is 11.3. The Labute approximate surface area is 140 Å². The predicted octanol–water partition coefficient (Wildman–Crippen LogP) is 4.42. The average Bonchev–Trinajstić information content (AvgIpc) is 2.90. The molecule has 0 aliphatic rings. The number of benzene rings is 2. The largest absolute Gasteiger partial charge is 0.250 e. The zero-order valence-corrected chi connectivity index (χ0v) is 14.2. The number of nitrogens with one attached hydrogen (secondary N) is 1. The number of rotatable bonds is 3. The van der Waals surface area contributed by atoms with Gasteiger partial charge in [-0.25, -0.2) is 5.10 Å². The first-order valence-electron chi connectivity index (χ1n) is 7.40. The van der Waals surface area contributed by atoms with E-state index < -0.39 is 0 Å². The van der Waals surface area contributed by atoms with Crippen molar-refractivity contribution >= 4 is 18.4 Å². The van der Waals surface area contributed by atoms with Crippen LogP contribution in [0.1, 0.15) is 22.3 Å². The van der Waals surface area contributed by atoms with Gasteiger partial charge >= 0.3 is 0 Å². The Morgan fingerprint density at radius 3 is 2.48 bits per heavy atom. The zero-order chi connectivity index (χ0) is 16.4. The molecule has 0 amide bonds. The number of aromatic amines is 1. The van der Waals surface area contributed by atoms with Gasteiger partial charge in [0.15, 0.2) is 5.82 Å². The molecule has 0 atom stereocenters. The molecule has 0 saturated heterocycles. The minimum absolute atomic E-state index is 0.474. The van der Waals surface area contributed by atoms with Gasteiger partial charge in [-0.2, -0.15) is 14.9 Å². The van der Waals surface area contributed by atoms with Gasteiger partial charge in [0.2, 0.25) is 4.77 Å². The second-order valence-corrected chi connectivity index (χ2v) is 6.02. The molecule has 1 aromatic heterocycles. The number of H-pyrrole nitrogens is 1. The maximum Gasteiger partial charge on any atom is 0.216 e. The molecule has 1 heterocycles. The van der Waals surface area contributed by atoms with Gasteiger partial charge in [0.1, 0.15) is 0 Å². The van der Waals surface area contributed by atoms with Crippen molar-refractivity contribution in [1.82, 2.24) is 14.9 Å². The fourth-order valence-electron chi connectivity index (χ4n) is 2.31. The van der Waals surface area contributed by atoms with Crippen LogP contribution in [-0.2, 0) is 0 Å². The van der Waals surface area contributed by atoms with Crippen molar-refractivity contribution < 1.29 is 0 Å². The number of hydrogen-bond donors (Lipinski definition) is 1. The molecule has 0 aliphatic heterocycles. The van der Waals surface area contributed by atoms with Crippen LogP contribution in [0.3, 0.4) is 0 Å². The van der Waals surface area contributed by atoms with Crippen LogP contribution in [0.2, 0.25) is 0 Å². The van der Waals surface area contributed by atoms with E-state index in [2.05, 4.69) is 54.3 Å². The van der Waals surface area contributed by atoms with E-state index in [1.165, 1.54) is 16.7 Å². The molecule has 0 bridgehead atoms. The number of nitrogens with zero attached hydrogens (tertiary/aromatic N) is 3. The Bertz CT molecular complexity index is 917. The molecule has 2 aromatic carbocycles. The molecule has 0 radical (unpaired) electrons. The topological polar surface area (TPSA) is 46.0 Å². The van der Waals surface area contributed by atoms with Crippen molar-refractivity contribution in [3.63, 3.8) is 0 Å². The van der Waals surface area contributed by atoms with Gasteiger partial charge in [-0.1, -0.05) is 53.6 Å². The van der Waals surface area contributed by atoms with Crippen LogP contribution in [0.4, 0.5) is 0 Å². The second-order valence-electron chi connectivity index (χ2n) is 5.63. The molecule has 23 heavy (non-hydrogen) atoms. The van der Waals surface area contributed by atoms with Gasteiger partial charge in [-0.15, -0.1) is 0 Å². The van der Waals surface area contributed by atoms with Crippen LogP contribution < -0.4 is 0 Å². The fraction of sp³-hybridized carbons (Fsp3) is 0.167. The number of hydrogen-bond acceptors (Lipinski definition) is 3. The molecule has 3 aromatic rings. The van der Waals surface area contributed by atoms with E-state index >= 15 is 0 Å². The molecular weight excluding hydrogens is 304 g/mol. The molecule has 1 N–H and O–H groups in total. The SMILES string of the molecule is Cc1ccc(-c2n[nH]c(=S)n2/N=C\c2cc(C)ccc2C)cc1. The molecule has 0 unspecified atom stereocenters. The molecule has 0 saturated carbocycles. The van der Waals surface area contributed by atoms with E-state index in [0.29, 0.717) is 10.6 Å². The van der Waals surface area contributed by atoms with Crippen molar-refractivity contribution in [2.45, 2.75) is 20.8 Å². The molecule has 0 aliphatic carbocycles. The Hall–Kier alpha value is -2.53. The highest BCUT2D eigenvalue weighted by atomic mass is 32.1. The summed E-state index contributed by atoms with van der Waals surface area (Å²) >= 11 is 5.30. The first-order chi connectivity index (χ1) is 11.0. The summed E-state index contributed by atoms with van der Waals surface area (Å²) in [5.41, 5.74) is 5.62. The van der Waals surface area contributed by atoms with Crippen LogP contribution in [0, 0.1) is 25.5 Å². The number of aryl methyl sites for hydroxylation is 3. The lowest BCUT2D eigenvalue weighted by Crippen LogP contribution is -1.96. The summed E-state index contributed by atoms with van der Waals surface area (Å²) in [5.74, 6) is 0.705. The molecule has 4 nitrogen and oxygen atoms in total. The minimum atomic E-state index is 0.474. The quantitative estimate of drug-likeness (QED) is 0.573. The first kappa shape index (κ1) is 15.4. The van der Waals surface area contributed by atoms with E-state index in [-0.39, 0.29) is 0 Å². The minimum Gasteiger partial charge on any atom is -0.250 e. The van der Waals surface area contributed by atoms with E-state index in [1.807, 2.05) is 30.5 Å². The summed E-state index contributed by atoms with van der Waals surface area (Å²) in [6.45, 7) is 6.19. The summed E-state index contributed by atoms with van der Waals surface area (Å²) < 4.78 is 2.13. The van der Waals surface area contributed by atoms with Gasteiger partial charge in [0, 0.05) is 5.56 Å². The highest BCUT2D eigenvalue weighted by Gasteiger charge is 2.07. The summed E-state index contributed by atoms with van der Waals surface area (Å²) in [4.78, 5) is 0. The second kappa shape index (κ2) is 6.30. The van der Waals surface area contributed by atoms with Gasteiger partial charge in [0.05, 0.1) is 6.21 Å². The predicted molar refractivity (Wildman–Crippen MR) is 96.5 cm³/mol. The monoisotopic (exact) mass is 322 g/mol. The van der Waals surface area contributed by atoms with E-state index in [1.54, 1.807) is 4.68 Å². The van der Waals surface area contributed by atoms with Crippen LogP contribution >= 0.6 is 12.2 Å². The average molecular weight is 322 g/mol. The third-order valence-electron chi connectivity index (χ3n) is 3.71. The highest BCUT2D eigenvalue weighted by Crippen LogP contribution is 2.18. The third kappa shape index (κ3) is 3.29. The Balaban J connectivity index is 2.02. The maximum absolute atomic E-state index is 5.30. The van der Waals surface area contributed by atoms with Crippen LogP contribution in [0.5, 0.6) is 0 Å². The van der Waals surface area contributed by atoms with E-state index in [9.17, 15) is 0 Å². The smallest absolute Gasteiger partial charge is 0.216 e. The van der Waals surface area contributed by atoms with E-state index in [4.69, 9.17) is 12.2 Å². The van der Waals surface area contributed by atoms with Crippen molar-refractivity contribution in [2.24, 2.45) is 5.10 Å². The lowest BCUT2D eigenvalue weighted by Gasteiger charge is -2.03. The summed E-state index contributed by atoms with van der Waals surface area (Å²) in [6, 6.07) is 14.4. The van der Waals surface area contributed by atoms with Crippen LogP contribution in [0.25, 0.3) is 11.4 Å². The standard InChI is InChI=1S/C18H18N4S/c1-12-5-8-15(9-6-12)17-20-21-18(23)22(17)19-11-16-10-13(2)4-7-14(16)3/h4-11H,1-3H3,(H,21,23)/b19-11-. The van der Waals surface area contributed by atoms with Gasteiger partial charge in [0.25, 0.3) is 0 Å². The maximum atomic E-state index is 5.30. The Morgan fingerprint density at radius 2 is 1.74 bits per heavy atom. The zero-order valence-electron chi connectivity index (χ0n) is 13.4. The molecule has 3 rings (SSSR count). The first-order valence-corrected chi connectivity index (χ1v) is 7.81. The van der Waals surface area contributed by atoms with Crippen LogP contribution in [0.15, 0.2) is 47.6 Å². The van der Waals surface area contributed by atoms with Crippen molar-refractivity contribution in [3.8, 4) is 11.4 Å². The van der Waals surface area contributed by atoms with Crippen molar-refractivity contribution in [2.75, 3.05) is 0 Å². The Morgan fingerprint density at radius 1 is 1.04 bits per heavy atom. The van der Waals surface area contributed by atoms with Crippen LogP contribution in [-0.4, -0.2) is 21.1 Å². The van der Waals surface area contributed by atoms with Crippen molar-refractivity contribution in [1.29, 1.82) is 0 Å². The fourth-order valence-corrected chi connectivity index (χ4v) is 2.49. The van der Waals surface area contributed by atoms with Crippen molar-refractivity contribution in [3.05, 3.63) is 69.5 Å². The molecular formula is C18H18N4S. The summed E-state index contributed by atoms with van der Waals surface area (Å²) in [6.07, 6.45) is 1.82. The van der Waals surface area contributed by atoms with Gasteiger partial charge < -0.3 is 0 Å². The summed E-state index contributed by atoms with van der Waals surface area (Å²) in [5, 5.41) is 11.6. The summed E-state index contributed by atoms with van der Waals surface area (Å²) in [7, 11) is 0.